The third kappa shape index (κ3) is 7.74. The summed E-state index contributed by atoms with van der Waals surface area (Å²) < 4.78 is 7.44. The van der Waals surface area contributed by atoms with Crippen LogP contribution in [0.2, 0.25) is 0 Å². The van der Waals surface area contributed by atoms with Gasteiger partial charge in [0.15, 0.2) is 17.9 Å². The van der Waals surface area contributed by atoms with Crippen molar-refractivity contribution < 1.29 is 24.0 Å². The second kappa shape index (κ2) is 17.6. The van der Waals surface area contributed by atoms with Crippen LogP contribution in [-0.4, -0.2) is 47.5 Å². The summed E-state index contributed by atoms with van der Waals surface area (Å²) in [6.45, 7) is 13.2. The van der Waals surface area contributed by atoms with Crippen molar-refractivity contribution in [3.8, 4) is 6.07 Å². The summed E-state index contributed by atoms with van der Waals surface area (Å²) in [7, 11) is 0. The number of nitriles is 1. The van der Waals surface area contributed by atoms with Gasteiger partial charge in [0.2, 0.25) is 5.69 Å². The predicted molar refractivity (Wildman–Crippen MR) is 259 cm³/mol. The van der Waals surface area contributed by atoms with E-state index in [1.807, 2.05) is 78.9 Å². The van der Waals surface area contributed by atoms with Crippen molar-refractivity contribution in [3.05, 3.63) is 209 Å². The molecule has 0 amide bonds. The molecule has 2 aliphatic heterocycles. The lowest BCUT2D eigenvalue weighted by Gasteiger charge is -2.31. The van der Waals surface area contributed by atoms with Gasteiger partial charge in [-0.15, -0.1) is 0 Å². The number of rotatable bonds is 14. The Morgan fingerprint density at radius 2 is 1.48 bits per heavy atom. The van der Waals surface area contributed by atoms with Gasteiger partial charge in [0, 0.05) is 28.4 Å². The van der Waals surface area contributed by atoms with Crippen LogP contribution >= 0.6 is 0 Å². The van der Waals surface area contributed by atoms with Crippen molar-refractivity contribution in [1.82, 2.24) is 0 Å². The topological polar surface area (TPSA) is 98.0 Å². The molecule has 2 aliphatic rings. The van der Waals surface area contributed by atoms with Crippen molar-refractivity contribution in [2.75, 3.05) is 24.6 Å². The lowest BCUT2D eigenvalue weighted by molar-refractivity contribution is -0.435. The van der Waals surface area contributed by atoms with Crippen LogP contribution in [0.15, 0.2) is 175 Å². The number of carboxylic acid groups (broad SMARTS) is 1. The van der Waals surface area contributed by atoms with E-state index in [4.69, 9.17) is 11.3 Å². The zero-order valence-corrected chi connectivity index (χ0v) is 36.4. The molecule has 2 unspecified atom stereocenters. The Kier molecular flexibility index (Phi) is 11.4. The summed E-state index contributed by atoms with van der Waals surface area (Å²) in [5.74, 6) is -0.888. The van der Waals surface area contributed by atoms with E-state index >= 15 is 0 Å². The van der Waals surface area contributed by atoms with Gasteiger partial charge in [-0.1, -0.05) is 127 Å². The van der Waals surface area contributed by atoms with Gasteiger partial charge in [0.25, 0.3) is 6.47 Å². The van der Waals surface area contributed by atoms with E-state index in [1.165, 1.54) is 5.56 Å². The molecule has 0 saturated carbocycles. The maximum atomic E-state index is 12.3. The van der Waals surface area contributed by atoms with Crippen molar-refractivity contribution in [3.63, 3.8) is 0 Å². The fraction of sp³-hybridized carbons (Fsp3) is 0.175. The highest BCUT2D eigenvalue weighted by molar-refractivity contribution is 6.08. The number of carboxylic acids is 1. The van der Waals surface area contributed by atoms with Gasteiger partial charge in [-0.05, 0) is 101 Å². The van der Waals surface area contributed by atoms with Gasteiger partial charge in [-0.3, -0.25) is 9.59 Å². The number of anilines is 1. The highest BCUT2D eigenvalue weighted by atomic mass is 16.5. The molecule has 0 aliphatic carbocycles. The molecule has 7 aromatic carbocycles. The van der Waals surface area contributed by atoms with Crippen LogP contribution in [-0.2, 0) is 38.0 Å². The van der Waals surface area contributed by atoms with E-state index in [-0.39, 0.29) is 19.6 Å². The van der Waals surface area contributed by atoms with E-state index in [1.54, 1.807) is 0 Å². The van der Waals surface area contributed by atoms with Crippen LogP contribution < -0.4 is 4.90 Å². The van der Waals surface area contributed by atoms with Gasteiger partial charge in [0.05, 0.1) is 35.6 Å². The van der Waals surface area contributed by atoms with Gasteiger partial charge in [0.1, 0.15) is 13.0 Å². The Balaban J connectivity index is 1.21. The molecule has 0 spiro atoms. The van der Waals surface area contributed by atoms with E-state index in [2.05, 4.69) is 119 Å². The zero-order valence-electron chi connectivity index (χ0n) is 36.4. The minimum absolute atomic E-state index is 0.0739. The van der Waals surface area contributed by atoms with Gasteiger partial charge >= 0.3 is 5.97 Å². The zero-order chi connectivity index (χ0) is 45.1. The largest absolute Gasteiger partial charge is 0.481 e. The molecule has 0 aromatic heterocycles. The van der Waals surface area contributed by atoms with Crippen LogP contribution in [0, 0.1) is 17.9 Å². The van der Waals surface area contributed by atoms with Crippen molar-refractivity contribution in [2.24, 2.45) is 0 Å². The standard InChI is InChI=1S/C57H46N4O4/c1-56(36-44-15-10-14-41-11-4-7-16-46(41)44)49-27-23-43-13-6-9-18-48(43)55(49)61(32-31-53(63)64)51(56)29-21-40(37-58)22-30-52-57(2,35-39-19-25-45(59-3)26-20-39)54-47-17-8-5-12-42(47)24-28-50(54)60(52)33-34-65-38-62/h4-30,38H,31-36H2,1-2H3/p+1. The molecule has 318 valence electrons. The Morgan fingerprint density at radius 1 is 0.815 bits per heavy atom. The summed E-state index contributed by atoms with van der Waals surface area (Å²) in [4.78, 5) is 29.5. The molecule has 0 fully saturated rings. The number of carbonyl (C=O) groups excluding carboxylic acids is 1. The van der Waals surface area contributed by atoms with Crippen LogP contribution in [0.25, 0.3) is 37.2 Å². The minimum atomic E-state index is -0.888. The molecule has 0 bridgehead atoms. The molecule has 1 N–H and O–H groups in total. The molecule has 65 heavy (non-hydrogen) atoms. The first-order valence-electron chi connectivity index (χ1n) is 21.8. The second-order valence-electron chi connectivity index (χ2n) is 17.2. The predicted octanol–water partition coefficient (Wildman–Crippen LogP) is 11.9. The van der Waals surface area contributed by atoms with E-state index in [0.717, 1.165) is 71.8 Å². The fourth-order valence-corrected chi connectivity index (χ4v) is 10.3. The van der Waals surface area contributed by atoms with Crippen LogP contribution in [0.4, 0.5) is 17.1 Å². The maximum absolute atomic E-state index is 12.3. The van der Waals surface area contributed by atoms with Crippen LogP contribution in [0.3, 0.4) is 0 Å². The summed E-state index contributed by atoms with van der Waals surface area (Å²) in [5, 5.41) is 27.6. The van der Waals surface area contributed by atoms with E-state index in [9.17, 15) is 20.0 Å². The number of ether oxygens (including phenoxy) is 1. The molecule has 2 atom stereocenters. The first-order chi connectivity index (χ1) is 31.7. The first kappa shape index (κ1) is 42.2. The number of fused-ring (bicyclic) bond motifs is 7. The number of allylic oxidation sites excluding steroid dienone is 6. The van der Waals surface area contributed by atoms with Crippen LogP contribution in [0.1, 0.15) is 42.5 Å². The second-order valence-corrected chi connectivity index (χ2v) is 17.2. The Morgan fingerprint density at radius 3 is 2.18 bits per heavy atom. The van der Waals surface area contributed by atoms with E-state index in [0.29, 0.717) is 37.1 Å². The summed E-state index contributed by atoms with van der Waals surface area (Å²) in [5.41, 5.74) is 8.05. The number of benzene rings is 7. The SMILES string of the molecule is [C-]#[N+]c1ccc(CC2(C)\C(=C/C=C(C#N)/C=C/C3=[N+](CCC(=O)O)c4c(ccc5ccccc45)C3(C)Cc3cccc4ccccc34)N(CCOC=O)c3ccc4ccccc4c32)cc1. The normalized spacial score (nSPS) is 18.6. The molecule has 2 heterocycles. The fourth-order valence-electron chi connectivity index (χ4n) is 10.3. The first-order valence-corrected chi connectivity index (χ1v) is 21.8. The molecule has 0 radical (unpaired) electrons. The molecule has 8 nitrogen and oxygen atoms in total. The number of hydrogen-bond donors (Lipinski definition) is 1. The minimum Gasteiger partial charge on any atom is -0.481 e. The van der Waals surface area contributed by atoms with Crippen molar-refractivity contribution >= 4 is 67.5 Å². The highest BCUT2D eigenvalue weighted by Gasteiger charge is 2.49. The van der Waals surface area contributed by atoms with Gasteiger partial charge in [-0.25, -0.2) is 4.85 Å². The summed E-state index contributed by atoms with van der Waals surface area (Å²) in [6.07, 6.45) is 8.91. The maximum Gasteiger partial charge on any atom is 0.309 e. The van der Waals surface area contributed by atoms with E-state index < -0.39 is 16.8 Å². The Bertz CT molecular complexity index is 3250. The number of aliphatic carboxylic acids is 1. The molecule has 0 saturated heterocycles. The molecule has 7 aromatic rings. The van der Waals surface area contributed by atoms with Gasteiger partial charge < -0.3 is 14.7 Å². The Hall–Kier alpha value is -8.07. The summed E-state index contributed by atoms with van der Waals surface area (Å²) >= 11 is 0. The van der Waals surface area contributed by atoms with Crippen molar-refractivity contribution in [2.45, 2.75) is 43.9 Å². The highest BCUT2D eigenvalue weighted by Crippen LogP contribution is 2.53. The number of nitrogens with zero attached hydrogens (tertiary/aromatic N) is 4. The summed E-state index contributed by atoms with van der Waals surface area (Å²) in [6, 6.07) is 50.0. The number of carbonyl (C=O) groups is 2. The lowest BCUT2D eigenvalue weighted by atomic mass is 9.73. The average Bonchev–Trinajstić information content (AvgIpc) is 3.71. The lowest BCUT2D eigenvalue weighted by Crippen LogP contribution is -2.34. The van der Waals surface area contributed by atoms with Gasteiger partial charge in [-0.2, -0.15) is 9.84 Å². The third-order valence-electron chi connectivity index (χ3n) is 13.3. The molecular weight excluding hydrogens is 805 g/mol. The van der Waals surface area contributed by atoms with Crippen LogP contribution in [0.5, 0.6) is 0 Å². The number of hydrogen-bond acceptors (Lipinski definition) is 5. The Labute approximate surface area is 378 Å². The monoisotopic (exact) mass is 851 g/mol. The quantitative estimate of drug-likeness (QED) is 0.0292. The molecule has 8 heteroatoms. The smallest absolute Gasteiger partial charge is 0.309 e. The molecular formula is C57H47N4O4+. The average molecular weight is 852 g/mol. The molecule has 9 rings (SSSR count). The van der Waals surface area contributed by atoms with Crippen molar-refractivity contribution in [1.29, 1.82) is 5.26 Å². The third-order valence-corrected chi connectivity index (χ3v) is 13.3.